The van der Waals surface area contributed by atoms with Crippen LogP contribution in [-0.4, -0.2) is 0 Å². The first kappa shape index (κ1) is 10.9. The number of hydrogen-bond donors (Lipinski definition) is 0. The van der Waals surface area contributed by atoms with E-state index in [2.05, 4.69) is 31.9 Å². The van der Waals surface area contributed by atoms with Gasteiger partial charge in [-0.1, -0.05) is 27.5 Å². The highest BCUT2D eigenvalue weighted by Crippen LogP contribution is 2.47. The maximum Gasteiger partial charge on any atom is 0.128 e. The van der Waals surface area contributed by atoms with Gasteiger partial charge in [-0.3, -0.25) is 0 Å². The third-order valence-electron chi connectivity index (χ3n) is 2.37. The molecular weight excluding hydrogens is 334 g/mol. The lowest BCUT2D eigenvalue weighted by Crippen LogP contribution is -1.96. The van der Waals surface area contributed by atoms with Crippen LogP contribution in [0.2, 0.25) is 5.02 Å². The van der Waals surface area contributed by atoms with Crippen LogP contribution in [0.5, 0.6) is 0 Å². The summed E-state index contributed by atoms with van der Waals surface area (Å²) in [6.45, 7) is 0. The number of benzene rings is 1. The molecule has 1 aromatic rings. The molecule has 0 radical (unpaired) electrons. The predicted octanol–water partition coefficient (Wildman–Crippen LogP) is 5.09. The van der Waals surface area contributed by atoms with E-state index >= 15 is 0 Å². The molecule has 0 N–H and O–H groups in total. The minimum atomic E-state index is -0.199. The molecule has 0 heterocycles. The van der Waals surface area contributed by atoms with E-state index in [1.54, 1.807) is 6.07 Å². The highest BCUT2D eigenvalue weighted by Gasteiger charge is 2.32. The molecule has 1 aromatic carbocycles. The zero-order valence-corrected chi connectivity index (χ0v) is 11.2. The maximum absolute atomic E-state index is 13.6. The second kappa shape index (κ2) is 4.11. The summed E-state index contributed by atoms with van der Waals surface area (Å²) >= 11 is 12.6. The van der Waals surface area contributed by atoms with Crippen molar-refractivity contribution in [2.45, 2.75) is 17.7 Å². The topological polar surface area (TPSA) is 0 Å². The number of alkyl halides is 1. The lowest BCUT2D eigenvalue weighted by Gasteiger charge is -2.11. The van der Waals surface area contributed by atoms with Crippen molar-refractivity contribution in [2.24, 2.45) is 5.92 Å². The van der Waals surface area contributed by atoms with E-state index < -0.39 is 0 Å². The van der Waals surface area contributed by atoms with E-state index in [0.717, 1.165) is 0 Å². The summed E-state index contributed by atoms with van der Waals surface area (Å²) in [6, 6.07) is 3.12. The van der Waals surface area contributed by atoms with E-state index in [4.69, 9.17) is 11.6 Å². The molecule has 76 valence electrons. The van der Waals surface area contributed by atoms with Crippen LogP contribution in [-0.2, 0) is 0 Å². The summed E-state index contributed by atoms with van der Waals surface area (Å²) in [6.07, 6.45) is 2.34. The lowest BCUT2D eigenvalue weighted by atomic mass is 10.1. The first-order chi connectivity index (χ1) is 6.59. The van der Waals surface area contributed by atoms with Crippen LogP contribution < -0.4 is 0 Å². The summed E-state index contributed by atoms with van der Waals surface area (Å²) in [7, 11) is 0. The molecule has 1 unspecified atom stereocenters. The Bertz CT molecular complexity index is 363. The van der Waals surface area contributed by atoms with Gasteiger partial charge in [0, 0.05) is 14.9 Å². The second-order valence-electron chi connectivity index (χ2n) is 3.53. The van der Waals surface area contributed by atoms with E-state index in [-0.39, 0.29) is 10.6 Å². The molecule has 2 rings (SSSR count). The minimum absolute atomic E-state index is 0.105. The van der Waals surface area contributed by atoms with Crippen LogP contribution in [0.3, 0.4) is 0 Å². The fourth-order valence-corrected chi connectivity index (χ4v) is 2.76. The Kier molecular flexibility index (Phi) is 3.20. The summed E-state index contributed by atoms with van der Waals surface area (Å²) < 4.78 is 14.2. The van der Waals surface area contributed by atoms with E-state index in [1.165, 1.54) is 18.9 Å². The highest BCUT2D eigenvalue weighted by atomic mass is 79.9. The van der Waals surface area contributed by atoms with Crippen LogP contribution in [0.15, 0.2) is 16.6 Å². The molecule has 0 aromatic heterocycles. The SMILES string of the molecule is Fc1cc(Br)c(Cl)cc1C(Br)C1CC1. The van der Waals surface area contributed by atoms with Gasteiger partial charge in [0.15, 0.2) is 0 Å². The molecule has 14 heavy (non-hydrogen) atoms. The standard InChI is InChI=1S/C10H8Br2ClF/c11-7-4-9(14)6(3-8(7)13)10(12)5-1-2-5/h3-5,10H,1-2H2. The van der Waals surface area contributed by atoms with Gasteiger partial charge in [0.25, 0.3) is 0 Å². The number of rotatable bonds is 2. The van der Waals surface area contributed by atoms with E-state index in [0.29, 0.717) is 21.0 Å². The zero-order valence-electron chi connectivity index (χ0n) is 7.24. The molecule has 0 aliphatic heterocycles. The smallest absolute Gasteiger partial charge is 0.128 e. The van der Waals surface area contributed by atoms with Gasteiger partial charge in [-0.15, -0.1) is 0 Å². The Balaban J connectivity index is 2.36. The average Bonchev–Trinajstić information content (AvgIpc) is 2.93. The van der Waals surface area contributed by atoms with Crippen molar-refractivity contribution in [1.82, 2.24) is 0 Å². The normalized spacial score (nSPS) is 18.3. The van der Waals surface area contributed by atoms with Crippen LogP contribution in [0.4, 0.5) is 4.39 Å². The predicted molar refractivity (Wildman–Crippen MR) is 63.5 cm³/mol. The third-order valence-corrected chi connectivity index (χ3v) is 4.81. The van der Waals surface area contributed by atoms with E-state index in [1.807, 2.05) is 0 Å². The van der Waals surface area contributed by atoms with Crippen LogP contribution in [0.1, 0.15) is 23.2 Å². The van der Waals surface area contributed by atoms with Crippen molar-refractivity contribution in [1.29, 1.82) is 0 Å². The average molecular weight is 342 g/mol. The number of halogens is 4. The van der Waals surface area contributed by atoms with Crippen molar-refractivity contribution in [3.8, 4) is 0 Å². The highest BCUT2D eigenvalue weighted by molar-refractivity contribution is 9.10. The van der Waals surface area contributed by atoms with Gasteiger partial charge in [-0.05, 0) is 46.8 Å². The molecule has 1 atom stereocenters. The van der Waals surface area contributed by atoms with Gasteiger partial charge < -0.3 is 0 Å². The van der Waals surface area contributed by atoms with Crippen LogP contribution in [0.25, 0.3) is 0 Å². The molecule has 1 fully saturated rings. The van der Waals surface area contributed by atoms with Crippen molar-refractivity contribution in [3.05, 3.63) is 33.0 Å². The molecule has 1 saturated carbocycles. The van der Waals surface area contributed by atoms with Crippen molar-refractivity contribution in [3.63, 3.8) is 0 Å². The van der Waals surface area contributed by atoms with Crippen LogP contribution >= 0.6 is 43.5 Å². The quantitative estimate of drug-likeness (QED) is 0.519. The van der Waals surface area contributed by atoms with Gasteiger partial charge in [0.05, 0.1) is 5.02 Å². The van der Waals surface area contributed by atoms with Gasteiger partial charge in [-0.2, -0.15) is 0 Å². The van der Waals surface area contributed by atoms with Gasteiger partial charge in [0.1, 0.15) is 5.82 Å². The molecule has 0 saturated heterocycles. The fraction of sp³-hybridized carbons (Fsp3) is 0.400. The zero-order chi connectivity index (χ0) is 10.3. The summed E-state index contributed by atoms with van der Waals surface area (Å²) in [4.78, 5) is 0.105. The van der Waals surface area contributed by atoms with Gasteiger partial charge >= 0.3 is 0 Å². The Morgan fingerprint density at radius 1 is 1.43 bits per heavy atom. The monoisotopic (exact) mass is 340 g/mol. The largest absolute Gasteiger partial charge is 0.207 e. The lowest BCUT2D eigenvalue weighted by molar-refractivity contribution is 0.600. The van der Waals surface area contributed by atoms with Crippen LogP contribution in [0, 0.1) is 11.7 Å². The summed E-state index contributed by atoms with van der Waals surface area (Å²) in [5.74, 6) is 0.372. The van der Waals surface area contributed by atoms with Crippen molar-refractivity contribution < 1.29 is 4.39 Å². The molecule has 0 bridgehead atoms. The second-order valence-corrected chi connectivity index (χ2v) is 5.78. The molecule has 1 aliphatic carbocycles. The fourth-order valence-electron chi connectivity index (χ4n) is 1.39. The van der Waals surface area contributed by atoms with Gasteiger partial charge in [-0.25, -0.2) is 4.39 Å². The number of hydrogen-bond acceptors (Lipinski definition) is 0. The van der Waals surface area contributed by atoms with Crippen molar-refractivity contribution in [2.75, 3.05) is 0 Å². The molecule has 0 nitrogen and oxygen atoms in total. The molecule has 0 amide bonds. The minimum Gasteiger partial charge on any atom is -0.207 e. The first-order valence-electron chi connectivity index (χ1n) is 4.38. The van der Waals surface area contributed by atoms with Crippen molar-refractivity contribution >= 4 is 43.5 Å². The molecular formula is C10H8Br2ClF. The molecule has 1 aliphatic rings. The van der Waals surface area contributed by atoms with E-state index in [9.17, 15) is 4.39 Å². The Hall–Kier alpha value is 0.400. The first-order valence-corrected chi connectivity index (χ1v) is 6.47. The third kappa shape index (κ3) is 2.15. The molecule has 4 heteroatoms. The Morgan fingerprint density at radius 3 is 2.64 bits per heavy atom. The molecule has 0 spiro atoms. The maximum atomic E-state index is 13.6. The summed E-state index contributed by atoms with van der Waals surface area (Å²) in [5, 5.41) is 0.562. The Morgan fingerprint density at radius 2 is 2.07 bits per heavy atom. The van der Waals surface area contributed by atoms with Gasteiger partial charge in [0.2, 0.25) is 0 Å². The Labute approximate surface area is 104 Å². The summed E-state index contributed by atoms with van der Waals surface area (Å²) in [5.41, 5.74) is 0.667.